The molecule has 0 radical (unpaired) electrons. The van der Waals surface area contributed by atoms with Gasteiger partial charge in [-0.05, 0) is 41.8 Å². The molecule has 7 rings (SSSR count). The van der Waals surface area contributed by atoms with Crippen LogP contribution in [0.2, 0.25) is 0 Å². The van der Waals surface area contributed by atoms with Crippen LogP contribution in [0.25, 0.3) is 22.3 Å². The van der Waals surface area contributed by atoms with Crippen LogP contribution in [0.4, 0.5) is 0 Å². The Labute approximate surface area is 214 Å². The highest BCUT2D eigenvalue weighted by atomic mass is 16.5. The van der Waals surface area contributed by atoms with Crippen molar-refractivity contribution in [2.24, 2.45) is 18.9 Å². The summed E-state index contributed by atoms with van der Waals surface area (Å²) in [5.41, 5.74) is 5.52. The van der Waals surface area contributed by atoms with E-state index in [0.717, 1.165) is 55.3 Å². The number of ether oxygens (including phenoxy) is 1. The lowest BCUT2D eigenvalue weighted by molar-refractivity contribution is -0.136. The van der Waals surface area contributed by atoms with Gasteiger partial charge >= 0.3 is 0 Å². The SMILES string of the molecule is Cn1ccc2c(CN3CC4COCC4C3)cc(-c3ccc4c(c3)CN(C3CCC(=O)NC3=O)C4=O)nc21. The number of piperidine rings is 1. The Hall–Kier alpha value is -3.56. The van der Waals surface area contributed by atoms with Crippen LogP contribution in [0.15, 0.2) is 36.5 Å². The smallest absolute Gasteiger partial charge is 0.255 e. The Morgan fingerprint density at radius 1 is 1.08 bits per heavy atom. The van der Waals surface area contributed by atoms with Crippen molar-refractivity contribution in [2.75, 3.05) is 26.3 Å². The summed E-state index contributed by atoms with van der Waals surface area (Å²) in [4.78, 5) is 46.2. The average molecular weight is 500 g/mol. The van der Waals surface area contributed by atoms with Gasteiger partial charge < -0.3 is 14.2 Å². The van der Waals surface area contributed by atoms with E-state index in [2.05, 4.69) is 33.1 Å². The van der Waals surface area contributed by atoms with Crippen molar-refractivity contribution in [3.8, 4) is 11.3 Å². The van der Waals surface area contributed by atoms with Gasteiger partial charge in [-0.15, -0.1) is 0 Å². The lowest BCUT2D eigenvalue weighted by Gasteiger charge is -2.29. The molecule has 3 saturated heterocycles. The number of aromatic nitrogens is 2. The van der Waals surface area contributed by atoms with Gasteiger partial charge in [-0.3, -0.25) is 24.6 Å². The molecule has 3 unspecified atom stereocenters. The maximum absolute atomic E-state index is 13.1. The zero-order chi connectivity index (χ0) is 25.3. The minimum Gasteiger partial charge on any atom is -0.381 e. The second kappa shape index (κ2) is 8.49. The topological polar surface area (TPSA) is 96.8 Å². The second-order valence-electron chi connectivity index (χ2n) is 10.9. The molecule has 37 heavy (non-hydrogen) atoms. The van der Waals surface area contributed by atoms with Gasteiger partial charge in [-0.2, -0.15) is 0 Å². The van der Waals surface area contributed by atoms with E-state index in [4.69, 9.17) is 9.72 Å². The number of fused-ring (bicyclic) bond motifs is 3. The molecule has 0 saturated carbocycles. The van der Waals surface area contributed by atoms with Gasteiger partial charge in [-0.25, -0.2) is 4.98 Å². The molecule has 190 valence electrons. The fraction of sp³-hybridized carbons (Fsp3) is 0.429. The number of likely N-dealkylation sites (tertiary alicyclic amines) is 1. The van der Waals surface area contributed by atoms with E-state index in [1.54, 1.807) is 4.90 Å². The number of imide groups is 1. The van der Waals surface area contributed by atoms with Crippen LogP contribution in [0.3, 0.4) is 0 Å². The fourth-order valence-electron chi connectivity index (χ4n) is 6.47. The van der Waals surface area contributed by atoms with Gasteiger partial charge in [0.2, 0.25) is 11.8 Å². The lowest BCUT2D eigenvalue weighted by Crippen LogP contribution is -2.52. The van der Waals surface area contributed by atoms with E-state index < -0.39 is 11.9 Å². The summed E-state index contributed by atoms with van der Waals surface area (Å²) >= 11 is 0. The number of rotatable bonds is 4. The van der Waals surface area contributed by atoms with Crippen LogP contribution in [-0.2, 0) is 34.5 Å². The first-order valence-corrected chi connectivity index (χ1v) is 13.0. The molecular formula is C28H29N5O4. The van der Waals surface area contributed by atoms with Crippen LogP contribution < -0.4 is 5.32 Å². The summed E-state index contributed by atoms with van der Waals surface area (Å²) in [7, 11) is 2.01. The highest BCUT2D eigenvalue weighted by molar-refractivity contribution is 6.05. The van der Waals surface area contributed by atoms with Gasteiger partial charge in [0.25, 0.3) is 5.91 Å². The van der Waals surface area contributed by atoms with Crippen molar-refractivity contribution in [3.05, 3.63) is 53.2 Å². The number of benzene rings is 1. The lowest BCUT2D eigenvalue weighted by atomic mass is 10.0. The normalized spacial score (nSPS) is 25.7. The predicted molar refractivity (Wildman–Crippen MR) is 135 cm³/mol. The minimum atomic E-state index is -0.615. The molecule has 9 heteroatoms. The molecule has 0 aliphatic carbocycles. The van der Waals surface area contributed by atoms with Crippen molar-refractivity contribution in [1.82, 2.24) is 24.7 Å². The number of carbonyl (C=O) groups excluding carboxylic acids is 3. The number of pyridine rings is 1. The summed E-state index contributed by atoms with van der Waals surface area (Å²) in [5.74, 6) is 0.432. The van der Waals surface area contributed by atoms with Crippen molar-refractivity contribution in [1.29, 1.82) is 0 Å². The molecule has 4 aliphatic heterocycles. The Balaban J connectivity index is 1.19. The Morgan fingerprint density at radius 2 is 1.89 bits per heavy atom. The maximum atomic E-state index is 13.1. The number of carbonyl (C=O) groups is 3. The largest absolute Gasteiger partial charge is 0.381 e. The first-order chi connectivity index (χ1) is 17.9. The van der Waals surface area contributed by atoms with E-state index in [-0.39, 0.29) is 18.2 Å². The Bertz CT molecular complexity index is 1450. The van der Waals surface area contributed by atoms with Crippen molar-refractivity contribution in [2.45, 2.75) is 32.0 Å². The summed E-state index contributed by atoms with van der Waals surface area (Å²) in [6.07, 6.45) is 2.66. The third-order valence-electron chi connectivity index (χ3n) is 8.45. The number of hydrogen-bond donors (Lipinski definition) is 1. The predicted octanol–water partition coefficient (Wildman–Crippen LogP) is 2.08. The first-order valence-electron chi connectivity index (χ1n) is 13.0. The van der Waals surface area contributed by atoms with E-state index in [0.29, 0.717) is 30.4 Å². The Kier molecular flexibility index (Phi) is 5.19. The minimum absolute atomic E-state index is 0.161. The molecule has 0 spiro atoms. The molecule has 2 aromatic heterocycles. The zero-order valence-corrected chi connectivity index (χ0v) is 20.8. The summed E-state index contributed by atoms with van der Waals surface area (Å²) in [6, 6.07) is 9.53. The molecule has 3 amide bonds. The number of nitrogens with one attached hydrogen (secondary N) is 1. The summed E-state index contributed by atoms with van der Waals surface area (Å²) < 4.78 is 7.71. The molecule has 1 N–H and O–H groups in total. The van der Waals surface area contributed by atoms with Gasteiger partial charge in [-0.1, -0.05) is 6.07 Å². The van der Waals surface area contributed by atoms with Crippen LogP contribution in [0.1, 0.15) is 34.3 Å². The molecule has 1 aromatic carbocycles. The van der Waals surface area contributed by atoms with E-state index in [1.165, 1.54) is 10.9 Å². The van der Waals surface area contributed by atoms with Crippen molar-refractivity contribution >= 4 is 28.8 Å². The Morgan fingerprint density at radius 3 is 2.68 bits per heavy atom. The zero-order valence-electron chi connectivity index (χ0n) is 20.8. The molecule has 3 atom stereocenters. The third-order valence-corrected chi connectivity index (χ3v) is 8.45. The number of nitrogens with zero attached hydrogens (tertiary/aromatic N) is 4. The van der Waals surface area contributed by atoms with Gasteiger partial charge in [0, 0.05) is 74.2 Å². The van der Waals surface area contributed by atoms with E-state index in [1.807, 2.05) is 25.2 Å². The highest BCUT2D eigenvalue weighted by Crippen LogP contribution is 2.34. The van der Waals surface area contributed by atoms with Gasteiger partial charge in [0.05, 0.1) is 18.9 Å². The summed E-state index contributed by atoms with van der Waals surface area (Å²) in [5, 5.41) is 3.53. The number of hydrogen-bond acceptors (Lipinski definition) is 6. The molecule has 3 fully saturated rings. The fourth-order valence-corrected chi connectivity index (χ4v) is 6.47. The van der Waals surface area contributed by atoms with Crippen molar-refractivity contribution in [3.63, 3.8) is 0 Å². The van der Waals surface area contributed by atoms with Crippen LogP contribution in [0, 0.1) is 11.8 Å². The quantitative estimate of drug-likeness (QED) is 0.552. The molecular weight excluding hydrogens is 470 g/mol. The monoisotopic (exact) mass is 499 g/mol. The molecule has 6 heterocycles. The van der Waals surface area contributed by atoms with Crippen LogP contribution >= 0.6 is 0 Å². The van der Waals surface area contributed by atoms with Gasteiger partial charge in [0.15, 0.2) is 0 Å². The molecule has 9 nitrogen and oxygen atoms in total. The van der Waals surface area contributed by atoms with Crippen LogP contribution in [0.5, 0.6) is 0 Å². The standard InChI is InChI=1S/C28H29N5O4/c1-31-7-6-21-18(10-32-11-19-14-37-15-20(19)12-32)9-23(29-26(21)31)16-2-3-22-17(8-16)13-33(28(22)36)24-4-5-25(34)30-27(24)35/h2-3,6-9,19-20,24H,4-5,10-15H2,1H3,(H,30,34,35). The van der Waals surface area contributed by atoms with Crippen LogP contribution in [-0.4, -0.2) is 69.4 Å². The second-order valence-corrected chi connectivity index (χ2v) is 10.9. The third kappa shape index (κ3) is 3.76. The maximum Gasteiger partial charge on any atom is 0.255 e. The summed E-state index contributed by atoms with van der Waals surface area (Å²) in [6.45, 7) is 5.09. The molecule has 0 bridgehead atoms. The first kappa shape index (κ1) is 22.6. The van der Waals surface area contributed by atoms with Gasteiger partial charge in [0.1, 0.15) is 11.7 Å². The van der Waals surface area contributed by atoms with E-state index in [9.17, 15) is 14.4 Å². The highest BCUT2D eigenvalue weighted by Gasteiger charge is 2.39. The number of amides is 3. The average Bonchev–Trinajstić information content (AvgIpc) is 3.63. The molecule has 3 aromatic rings. The van der Waals surface area contributed by atoms with Crippen molar-refractivity contribution < 1.29 is 19.1 Å². The number of aryl methyl sites for hydroxylation is 1. The molecule has 4 aliphatic rings. The van der Waals surface area contributed by atoms with E-state index >= 15 is 0 Å².